The molecule has 0 aromatic carbocycles. The molecule has 1 unspecified atom stereocenters. The summed E-state index contributed by atoms with van der Waals surface area (Å²) >= 11 is 7.86. The maximum atomic E-state index is 6.23. The lowest BCUT2D eigenvalue weighted by molar-refractivity contribution is 0.0948. The lowest BCUT2D eigenvalue weighted by Crippen LogP contribution is -2.49. The molecule has 0 spiro atoms. The summed E-state index contributed by atoms with van der Waals surface area (Å²) in [4.78, 5) is 15.0. The number of hydrogen-bond acceptors (Lipinski definition) is 5. The van der Waals surface area contributed by atoms with E-state index in [2.05, 4.69) is 33.6 Å². The highest BCUT2D eigenvalue weighted by molar-refractivity contribution is 7.16. The number of nitrogens with zero attached hydrogens (tertiary/aromatic N) is 4. The summed E-state index contributed by atoms with van der Waals surface area (Å²) in [5.74, 6) is 0.840. The van der Waals surface area contributed by atoms with Crippen LogP contribution in [0.4, 0.5) is 0 Å². The third-order valence-electron chi connectivity index (χ3n) is 4.31. The number of aromatic nitrogens is 2. The van der Waals surface area contributed by atoms with Crippen LogP contribution in [-0.4, -0.2) is 52.0 Å². The van der Waals surface area contributed by atoms with Crippen LogP contribution in [0.5, 0.6) is 0 Å². The van der Waals surface area contributed by atoms with Crippen LogP contribution >= 0.6 is 22.9 Å². The van der Waals surface area contributed by atoms with Crippen LogP contribution in [0.3, 0.4) is 0 Å². The van der Waals surface area contributed by atoms with Gasteiger partial charge in [0, 0.05) is 37.6 Å². The summed E-state index contributed by atoms with van der Waals surface area (Å²) in [6.07, 6.45) is 1.22. The average Bonchev–Trinajstić information content (AvgIpc) is 2.96. The predicted octanol–water partition coefficient (Wildman–Crippen LogP) is 3.26. The standard InChI is InChI=1S/C15H21ClN4S/c1-3-11(2)20-7-5-19(6-8-20)10-13-17-14(16)12-4-9-21-15(12)18-13/h4,9,11H,3,5-8,10H2,1-2H3. The van der Waals surface area contributed by atoms with E-state index < -0.39 is 0 Å². The number of hydrogen-bond donors (Lipinski definition) is 0. The SMILES string of the molecule is CCC(C)N1CCN(Cc2nc(Cl)c3ccsc3n2)CC1. The normalized spacial score (nSPS) is 19.2. The van der Waals surface area contributed by atoms with Crippen molar-refractivity contribution in [1.29, 1.82) is 0 Å². The molecule has 114 valence electrons. The zero-order chi connectivity index (χ0) is 14.8. The molecule has 0 radical (unpaired) electrons. The highest BCUT2D eigenvalue weighted by Crippen LogP contribution is 2.25. The Labute approximate surface area is 134 Å². The van der Waals surface area contributed by atoms with Crippen LogP contribution in [0.1, 0.15) is 26.1 Å². The zero-order valence-corrected chi connectivity index (χ0v) is 14.1. The molecular weight excluding hydrogens is 304 g/mol. The van der Waals surface area contributed by atoms with Gasteiger partial charge < -0.3 is 0 Å². The summed E-state index contributed by atoms with van der Waals surface area (Å²) in [6, 6.07) is 2.66. The molecule has 2 aromatic heterocycles. The van der Waals surface area contributed by atoms with Crippen molar-refractivity contribution in [2.75, 3.05) is 26.2 Å². The second-order valence-electron chi connectivity index (χ2n) is 5.64. The number of halogens is 1. The Morgan fingerprint density at radius 2 is 2.05 bits per heavy atom. The first-order chi connectivity index (χ1) is 10.2. The molecule has 0 saturated carbocycles. The van der Waals surface area contributed by atoms with Crippen LogP contribution < -0.4 is 0 Å². The zero-order valence-electron chi connectivity index (χ0n) is 12.5. The van der Waals surface area contributed by atoms with Gasteiger partial charge in [-0.2, -0.15) is 0 Å². The molecule has 1 atom stereocenters. The van der Waals surface area contributed by atoms with E-state index in [1.807, 2.05) is 11.4 Å². The Hall–Kier alpha value is -0.750. The lowest BCUT2D eigenvalue weighted by atomic mass is 10.2. The Balaban J connectivity index is 1.64. The molecule has 0 amide bonds. The summed E-state index contributed by atoms with van der Waals surface area (Å²) in [5, 5.41) is 3.56. The summed E-state index contributed by atoms with van der Waals surface area (Å²) in [7, 11) is 0. The fourth-order valence-electron chi connectivity index (χ4n) is 2.75. The number of piperazine rings is 1. The molecule has 1 aliphatic rings. The van der Waals surface area contributed by atoms with Gasteiger partial charge in [-0.15, -0.1) is 11.3 Å². The molecule has 0 aliphatic carbocycles. The molecule has 21 heavy (non-hydrogen) atoms. The minimum absolute atomic E-state index is 0.578. The van der Waals surface area contributed by atoms with Gasteiger partial charge in [0.05, 0.1) is 6.54 Å². The quantitative estimate of drug-likeness (QED) is 0.808. The predicted molar refractivity (Wildman–Crippen MR) is 89.0 cm³/mol. The van der Waals surface area contributed by atoms with Crippen molar-refractivity contribution < 1.29 is 0 Å². The third-order valence-corrected chi connectivity index (χ3v) is 5.41. The van der Waals surface area contributed by atoms with Gasteiger partial charge in [-0.25, -0.2) is 9.97 Å². The first-order valence-corrected chi connectivity index (χ1v) is 8.79. The molecule has 1 saturated heterocycles. The van der Waals surface area contributed by atoms with Crippen molar-refractivity contribution >= 4 is 33.2 Å². The minimum Gasteiger partial charge on any atom is -0.298 e. The summed E-state index contributed by atoms with van der Waals surface area (Å²) < 4.78 is 0. The van der Waals surface area contributed by atoms with Gasteiger partial charge >= 0.3 is 0 Å². The summed E-state index contributed by atoms with van der Waals surface area (Å²) in [6.45, 7) is 9.77. The Morgan fingerprint density at radius 1 is 1.29 bits per heavy atom. The average molecular weight is 325 g/mol. The lowest BCUT2D eigenvalue weighted by Gasteiger charge is -2.37. The topological polar surface area (TPSA) is 32.3 Å². The molecule has 4 nitrogen and oxygen atoms in total. The monoisotopic (exact) mass is 324 g/mol. The molecule has 2 aromatic rings. The van der Waals surface area contributed by atoms with Gasteiger partial charge in [0.15, 0.2) is 0 Å². The largest absolute Gasteiger partial charge is 0.298 e. The van der Waals surface area contributed by atoms with Crippen LogP contribution in [-0.2, 0) is 6.54 Å². The maximum absolute atomic E-state index is 6.23. The van der Waals surface area contributed by atoms with Gasteiger partial charge in [-0.05, 0) is 24.8 Å². The Bertz CT molecular complexity index is 607. The third kappa shape index (κ3) is 3.37. The maximum Gasteiger partial charge on any atom is 0.145 e. The van der Waals surface area contributed by atoms with Gasteiger partial charge in [-0.1, -0.05) is 18.5 Å². The molecule has 0 bridgehead atoms. The molecule has 1 fully saturated rings. The fraction of sp³-hybridized carbons (Fsp3) is 0.600. The summed E-state index contributed by atoms with van der Waals surface area (Å²) in [5.41, 5.74) is 0. The Morgan fingerprint density at radius 3 is 2.76 bits per heavy atom. The van der Waals surface area contributed by atoms with Crippen LogP contribution in [0, 0.1) is 0 Å². The smallest absolute Gasteiger partial charge is 0.145 e. The van der Waals surface area contributed by atoms with Gasteiger partial charge in [0.25, 0.3) is 0 Å². The van der Waals surface area contributed by atoms with Crippen LogP contribution in [0.15, 0.2) is 11.4 Å². The van der Waals surface area contributed by atoms with E-state index in [-0.39, 0.29) is 0 Å². The van der Waals surface area contributed by atoms with E-state index in [1.165, 1.54) is 6.42 Å². The number of thiophene rings is 1. The van der Waals surface area contributed by atoms with E-state index in [0.717, 1.165) is 48.8 Å². The van der Waals surface area contributed by atoms with Crippen LogP contribution in [0.2, 0.25) is 5.15 Å². The van der Waals surface area contributed by atoms with Crippen LogP contribution in [0.25, 0.3) is 10.2 Å². The van der Waals surface area contributed by atoms with E-state index in [0.29, 0.717) is 11.2 Å². The Kier molecular flexibility index (Phi) is 4.74. The van der Waals surface area contributed by atoms with Crippen molar-refractivity contribution in [3.63, 3.8) is 0 Å². The van der Waals surface area contributed by atoms with Crippen molar-refractivity contribution in [2.24, 2.45) is 0 Å². The second kappa shape index (κ2) is 6.57. The number of fused-ring (bicyclic) bond motifs is 1. The highest BCUT2D eigenvalue weighted by Gasteiger charge is 2.21. The fourth-order valence-corrected chi connectivity index (χ4v) is 3.84. The molecule has 1 aliphatic heterocycles. The first kappa shape index (κ1) is 15.2. The molecule has 0 N–H and O–H groups in total. The highest BCUT2D eigenvalue weighted by atomic mass is 35.5. The van der Waals surface area contributed by atoms with Crippen molar-refractivity contribution in [3.8, 4) is 0 Å². The van der Waals surface area contributed by atoms with E-state index in [4.69, 9.17) is 11.6 Å². The van der Waals surface area contributed by atoms with Crippen molar-refractivity contribution in [3.05, 3.63) is 22.4 Å². The van der Waals surface area contributed by atoms with E-state index in [1.54, 1.807) is 11.3 Å². The number of rotatable bonds is 4. The first-order valence-electron chi connectivity index (χ1n) is 7.53. The molecule has 3 rings (SSSR count). The van der Waals surface area contributed by atoms with Gasteiger partial charge in [0.1, 0.15) is 15.8 Å². The molecule has 6 heteroatoms. The van der Waals surface area contributed by atoms with Crippen molar-refractivity contribution in [2.45, 2.75) is 32.9 Å². The minimum atomic E-state index is 0.578. The van der Waals surface area contributed by atoms with Gasteiger partial charge in [-0.3, -0.25) is 9.80 Å². The van der Waals surface area contributed by atoms with E-state index >= 15 is 0 Å². The molecule has 3 heterocycles. The van der Waals surface area contributed by atoms with E-state index in [9.17, 15) is 0 Å². The van der Waals surface area contributed by atoms with Gasteiger partial charge in [0.2, 0.25) is 0 Å². The second-order valence-corrected chi connectivity index (χ2v) is 6.89. The van der Waals surface area contributed by atoms with Crippen molar-refractivity contribution in [1.82, 2.24) is 19.8 Å². The molecular formula is C15H21ClN4S.